The summed E-state index contributed by atoms with van der Waals surface area (Å²) in [5, 5.41) is 12.2. The van der Waals surface area contributed by atoms with Gasteiger partial charge < -0.3 is 10.6 Å². The zero-order valence-corrected chi connectivity index (χ0v) is 10.7. The maximum Gasteiger partial charge on any atom is 0.319 e. The fourth-order valence-electron chi connectivity index (χ4n) is 2.54. The highest BCUT2D eigenvalue weighted by atomic mass is 16.2. The van der Waals surface area contributed by atoms with Crippen LogP contribution < -0.4 is 10.6 Å². The normalized spacial score (nSPS) is 17.0. The molecule has 0 saturated carbocycles. The van der Waals surface area contributed by atoms with E-state index < -0.39 is 0 Å². The molecule has 1 aliphatic rings. The van der Waals surface area contributed by atoms with Gasteiger partial charge in [-0.25, -0.2) is 4.79 Å². The summed E-state index contributed by atoms with van der Waals surface area (Å²) in [5.74, 6) is 0. The number of aromatic nitrogens is 2. The van der Waals surface area contributed by atoms with Gasteiger partial charge in [0.1, 0.15) is 0 Å². The fourth-order valence-corrected chi connectivity index (χ4v) is 2.54. The quantitative estimate of drug-likeness (QED) is 0.772. The minimum Gasteiger partial charge on any atom is -0.331 e. The van der Waals surface area contributed by atoms with Crippen molar-refractivity contribution in [2.75, 3.05) is 5.32 Å². The molecular formula is C14H16N4O. The van der Waals surface area contributed by atoms with Crippen molar-refractivity contribution in [1.82, 2.24) is 15.5 Å². The Balaban J connectivity index is 1.67. The fraction of sp³-hybridized carbons (Fsp3) is 0.286. The van der Waals surface area contributed by atoms with Gasteiger partial charge in [-0.1, -0.05) is 23.8 Å². The van der Waals surface area contributed by atoms with Crippen molar-refractivity contribution in [2.24, 2.45) is 0 Å². The van der Waals surface area contributed by atoms with E-state index in [0.29, 0.717) is 5.69 Å². The van der Waals surface area contributed by atoms with Gasteiger partial charge in [-0.15, -0.1) is 0 Å². The van der Waals surface area contributed by atoms with Gasteiger partial charge in [0.2, 0.25) is 0 Å². The van der Waals surface area contributed by atoms with Gasteiger partial charge in [0, 0.05) is 6.20 Å². The molecule has 3 rings (SSSR count). The van der Waals surface area contributed by atoms with E-state index in [4.69, 9.17) is 0 Å². The standard InChI is InChI=1S/C14H16N4O/c1-9-2-4-12-10(6-9)3-5-13(12)18-14(19)17-11-7-15-16-8-11/h2,4,6-8,13H,3,5H2,1H3,(H,15,16)(H2,17,18,19). The Bertz CT molecular complexity index is 591. The van der Waals surface area contributed by atoms with Crippen molar-refractivity contribution >= 4 is 11.7 Å². The summed E-state index contributed by atoms with van der Waals surface area (Å²) in [6, 6.07) is 6.31. The van der Waals surface area contributed by atoms with E-state index in [0.717, 1.165) is 12.8 Å². The molecule has 2 amide bonds. The summed E-state index contributed by atoms with van der Waals surface area (Å²) < 4.78 is 0. The number of fused-ring (bicyclic) bond motifs is 1. The summed E-state index contributed by atoms with van der Waals surface area (Å²) in [4.78, 5) is 11.9. The van der Waals surface area contributed by atoms with Gasteiger partial charge in [0.25, 0.3) is 0 Å². The second kappa shape index (κ2) is 4.76. The highest BCUT2D eigenvalue weighted by Gasteiger charge is 2.23. The molecule has 1 aromatic carbocycles. The Kier molecular flexibility index (Phi) is 2.95. The van der Waals surface area contributed by atoms with E-state index in [1.807, 2.05) is 0 Å². The zero-order valence-electron chi connectivity index (χ0n) is 10.7. The Morgan fingerprint density at radius 1 is 1.47 bits per heavy atom. The monoisotopic (exact) mass is 256 g/mol. The maximum absolute atomic E-state index is 11.9. The van der Waals surface area contributed by atoms with Crippen LogP contribution in [0.5, 0.6) is 0 Å². The average Bonchev–Trinajstić information content (AvgIpc) is 2.99. The van der Waals surface area contributed by atoms with Crippen molar-refractivity contribution in [3.63, 3.8) is 0 Å². The van der Waals surface area contributed by atoms with E-state index in [-0.39, 0.29) is 12.1 Å². The first-order chi connectivity index (χ1) is 9.22. The number of rotatable bonds is 2. The number of carbonyl (C=O) groups excluding carboxylic acids is 1. The molecule has 98 valence electrons. The number of urea groups is 1. The molecular weight excluding hydrogens is 240 g/mol. The number of benzene rings is 1. The first kappa shape index (κ1) is 11.8. The van der Waals surface area contributed by atoms with Crippen molar-refractivity contribution in [3.05, 3.63) is 47.3 Å². The summed E-state index contributed by atoms with van der Waals surface area (Å²) in [5.41, 5.74) is 4.50. The van der Waals surface area contributed by atoms with E-state index in [2.05, 4.69) is 46.0 Å². The number of H-pyrrole nitrogens is 1. The molecule has 0 saturated heterocycles. The maximum atomic E-state index is 11.9. The smallest absolute Gasteiger partial charge is 0.319 e. The van der Waals surface area contributed by atoms with E-state index in [1.165, 1.54) is 16.7 Å². The van der Waals surface area contributed by atoms with E-state index >= 15 is 0 Å². The molecule has 0 spiro atoms. The summed E-state index contributed by atoms with van der Waals surface area (Å²) in [7, 11) is 0. The molecule has 0 fully saturated rings. The van der Waals surface area contributed by atoms with Crippen LogP contribution >= 0.6 is 0 Å². The number of hydrogen-bond donors (Lipinski definition) is 3. The number of nitrogens with zero attached hydrogens (tertiary/aromatic N) is 1. The number of carbonyl (C=O) groups is 1. The Morgan fingerprint density at radius 2 is 2.37 bits per heavy atom. The lowest BCUT2D eigenvalue weighted by atomic mass is 10.1. The number of hydrogen-bond acceptors (Lipinski definition) is 2. The number of nitrogens with one attached hydrogen (secondary N) is 3. The Morgan fingerprint density at radius 3 is 3.16 bits per heavy atom. The lowest BCUT2D eigenvalue weighted by Crippen LogP contribution is -2.31. The molecule has 5 heteroatoms. The highest BCUT2D eigenvalue weighted by molar-refractivity contribution is 5.89. The third-order valence-electron chi connectivity index (χ3n) is 3.44. The number of anilines is 1. The largest absolute Gasteiger partial charge is 0.331 e. The van der Waals surface area contributed by atoms with Crippen LogP contribution in [0.3, 0.4) is 0 Å². The van der Waals surface area contributed by atoms with Gasteiger partial charge in [-0.05, 0) is 30.9 Å². The molecule has 1 aromatic heterocycles. The second-order valence-electron chi connectivity index (χ2n) is 4.88. The van der Waals surface area contributed by atoms with Crippen molar-refractivity contribution in [3.8, 4) is 0 Å². The Hall–Kier alpha value is -2.30. The first-order valence-electron chi connectivity index (χ1n) is 6.38. The summed E-state index contributed by atoms with van der Waals surface area (Å²) >= 11 is 0. The molecule has 1 unspecified atom stereocenters. The van der Waals surface area contributed by atoms with E-state index in [1.54, 1.807) is 12.4 Å². The molecule has 0 aliphatic heterocycles. The predicted octanol–water partition coefficient (Wildman–Crippen LogP) is 2.53. The number of amides is 2. The first-order valence-corrected chi connectivity index (χ1v) is 6.38. The highest BCUT2D eigenvalue weighted by Crippen LogP contribution is 2.31. The van der Waals surface area contributed by atoms with Crippen LogP contribution in [0, 0.1) is 6.92 Å². The topological polar surface area (TPSA) is 69.8 Å². The molecule has 0 radical (unpaired) electrons. The lowest BCUT2D eigenvalue weighted by molar-refractivity contribution is 0.248. The zero-order chi connectivity index (χ0) is 13.2. The van der Waals surface area contributed by atoms with Crippen molar-refractivity contribution < 1.29 is 4.79 Å². The van der Waals surface area contributed by atoms with Crippen LogP contribution in [-0.2, 0) is 6.42 Å². The molecule has 1 atom stereocenters. The summed E-state index contributed by atoms with van der Waals surface area (Å²) in [6.45, 7) is 2.09. The SMILES string of the molecule is Cc1ccc2c(c1)CCC2NC(=O)Nc1cn[nH]c1. The van der Waals surface area contributed by atoms with Gasteiger partial charge in [-0.2, -0.15) is 5.10 Å². The van der Waals surface area contributed by atoms with E-state index in [9.17, 15) is 4.79 Å². The van der Waals surface area contributed by atoms with Crippen LogP contribution in [0.25, 0.3) is 0 Å². The minimum atomic E-state index is -0.195. The Labute approximate surface area is 111 Å². The predicted molar refractivity (Wildman–Crippen MR) is 73.0 cm³/mol. The van der Waals surface area contributed by atoms with Crippen LogP contribution in [0.2, 0.25) is 0 Å². The average molecular weight is 256 g/mol. The minimum absolute atomic E-state index is 0.0995. The molecule has 1 heterocycles. The third-order valence-corrected chi connectivity index (χ3v) is 3.44. The van der Waals surface area contributed by atoms with Gasteiger partial charge in [0.05, 0.1) is 17.9 Å². The van der Waals surface area contributed by atoms with Crippen LogP contribution in [0.1, 0.15) is 29.2 Å². The lowest BCUT2D eigenvalue weighted by Gasteiger charge is -2.14. The number of aryl methyl sites for hydroxylation is 2. The van der Waals surface area contributed by atoms with Crippen LogP contribution in [0.4, 0.5) is 10.5 Å². The van der Waals surface area contributed by atoms with Crippen LogP contribution in [-0.4, -0.2) is 16.2 Å². The molecule has 3 N–H and O–H groups in total. The van der Waals surface area contributed by atoms with Gasteiger partial charge in [-0.3, -0.25) is 5.10 Å². The number of aromatic amines is 1. The molecule has 5 nitrogen and oxygen atoms in total. The van der Waals surface area contributed by atoms with Crippen LogP contribution in [0.15, 0.2) is 30.6 Å². The molecule has 2 aromatic rings. The third kappa shape index (κ3) is 2.45. The molecule has 19 heavy (non-hydrogen) atoms. The van der Waals surface area contributed by atoms with Crippen molar-refractivity contribution in [1.29, 1.82) is 0 Å². The van der Waals surface area contributed by atoms with Gasteiger partial charge in [0.15, 0.2) is 0 Å². The summed E-state index contributed by atoms with van der Waals surface area (Å²) in [6.07, 6.45) is 5.20. The second-order valence-corrected chi connectivity index (χ2v) is 4.88. The van der Waals surface area contributed by atoms with Gasteiger partial charge >= 0.3 is 6.03 Å². The molecule has 0 bridgehead atoms. The van der Waals surface area contributed by atoms with Crippen molar-refractivity contribution in [2.45, 2.75) is 25.8 Å². The molecule has 1 aliphatic carbocycles.